The number of Topliss-reactive ketones (excluding diaryl/α,β-unsaturated/α-hetero) is 1. The van der Waals surface area contributed by atoms with Crippen LogP contribution in [0.3, 0.4) is 0 Å². The van der Waals surface area contributed by atoms with Crippen LogP contribution >= 0.6 is 0 Å². The summed E-state index contributed by atoms with van der Waals surface area (Å²) in [4.78, 5) is 26.8. The topological polar surface area (TPSA) is 60.1 Å². The Bertz CT molecular complexity index is 1260. The zero-order chi connectivity index (χ0) is 22.1. The lowest BCUT2D eigenvalue weighted by molar-refractivity contribution is -0.133. The minimum absolute atomic E-state index is 0.0313. The zero-order valence-corrected chi connectivity index (χ0v) is 17.6. The molecule has 0 aliphatic heterocycles. The lowest BCUT2D eigenvalue weighted by atomic mass is 10.1. The van der Waals surface area contributed by atoms with E-state index >= 15 is 0 Å². The monoisotopic (exact) mass is 418 g/mol. The average molecular weight is 418 g/mol. The highest BCUT2D eigenvalue weighted by atomic mass is 19.1. The number of benzene rings is 2. The number of amides is 1. The van der Waals surface area contributed by atoms with Gasteiger partial charge >= 0.3 is 0 Å². The van der Waals surface area contributed by atoms with E-state index < -0.39 is 6.04 Å². The van der Waals surface area contributed by atoms with Gasteiger partial charge in [0, 0.05) is 48.0 Å². The van der Waals surface area contributed by atoms with Gasteiger partial charge in [-0.15, -0.1) is 0 Å². The summed E-state index contributed by atoms with van der Waals surface area (Å²) >= 11 is 0. The molecule has 1 atom stereocenters. The van der Waals surface area contributed by atoms with E-state index in [2.05, 4.69) is 5.10 Å². The highest BCUT2D eigenvalue weighted by Crippen LogP contribution is 2.26. The molecule has 0 saturated heterocycles. The van der Waals surface area contributed by atoms with Crippen molar-refractivity contribution in [2.24, 2.45) is 0 Å². The average Bonchev–Trinajstić information content (AvgIpc) is 3.38. The maximum atomic E-state index is 13.1. The summed E-state index contributed by atoms with van der Waals surface area (Å²) in [5.41, 5.74) is 3.06. The van der Waals surface area contributed by atoms with Crippen LogP contribution in [0.4, 0.5) is 4.39 Å². The lowest BCUT2D eigenvalue weighted by Gasteiger charge is -2.22. The standard InChI is InChI=1S/C24H23FN4O2/c1-16(28-15-22(17(2)30)21-6-4-5-7-23(21)28)24(31)27(3)13-18-12-26-29(14-18)20-10-8-19(25)9-11-20/h4-12,14-16H,13H2,1-3H3. The quantitative estimate of drug-likeness (QED) is 0.437. The van der Waals surface area contributed by atoms with Crippen molar-refractivity contribution in [2.45, 2.75) is 26.4 Å². The van der Waals surface area contributed by atoms with E-state index in [1.807, 2.05) is 42.0 Å². The summed E-state index contributed by atoms with van der Waals surface area (Å²) in [6.07, 6.45) is 5.27. The fraction of sp³-hybridized carbons (Fsp3) is 0.208. The molecule has 2 heterocycles. The van der Waals surface area contributed by atoms with E-state index in [1.54, 1.807) is 41.2 Å². The van der Waals surface area contributed by atoms with Gasteiger partial charge < -0.3 is 9.47 Å². The number of para-hydroxylation sites is 1. The maximum Gasteiger partial charge on any atom is 0.245 e. The van der Waals surface area contributed by atoms with Crippen molar-refractivity contribution in [1.82, 2.24) is 19.2 Å². The van der Waals surface area contributed by atoms with Crippen molar-refractivity contribution in [1.29, 1.82) is 0 Å². The SMILES string of the molecule is CC(=O)c1cn(C(C)C(=O)N(C)Cc2cnn(-c3ccc(F)cc3)c2)c2ccccc12. The molecule has 2 aromatic carbocycles. The van der Waals surface area contributed by atoms with Crippen molar-refractivity contribution < 1.29 is 14.0 Å². The Hall–Kier alpha value is -3.74. The van der Waals surface area contributed by atoms with Crippen molar-refractivity contribution in [2.75, 3.05) is 7.05 Å². The molecule has 158 valence electrons. The first-order valence-corrected chi connectivity index (χ1v) is 10.00. The van der Waals surface area contributed by atoms with Gasteiger partial charge in [0.2, 0.25) is 5.91 Å². The highest BCUT2D eigenvalue weighted by molar-refractivity contribution is 6.07. The number of hydrogen-bond donors (Lipinski definition) is 0. The Morgan fingerprint density at radius 1 is 1.10 bits per heavy atom. The molecule has 0 aliphatic rings. The molecule has 1 unspecified atom stereocenters. The largest absolute Gasteiger partial charge is 0.340 e. The Balaban J connectivity index is 1.53. The number of halogens is 1. The third-order valence-electron chi connectivity index (χ3n) is 5.42. The number of ketones is 1. The third kappa shape index (κ3) is 3.99. The summed E-state index contributed by atoms with van der Waals surface area (Å²) in [5.74, 6) is -0.414. The molecule has 0 fully saturated rings. The Labute approximate surface area is 179 Å². The second-order valence-corrected chi connectivity index (χ2v) is 7.66. The van der Waals surface area contributed by atoms with E-state index in [4.69, 9.17) is 0 Å². The second-order valence-electron chi connectivity index (χ2n) is 7.66. The molecule has 7 heteroatoms. The first-order chi connectivity index (χ1) is 14.8. The number of carbonyl (C=O) groups is 2. The smallest absolute Gasteiger partial charge is 0.245 e. The van der Waals surface area contributed by atoms with Crippen LogP contribution in [0.2, 0.25) is 0 Å². The van der Waals surface area contributed by atoms with Gasteiger partial charge in [0.25, 0.3) is 0 Å². The highest BCUT2D eigenvalue weighted by Gasteiger charge is 2.23. The van der Waals surface area contributed by atoms with E-state index in [1.165, 1.54) is 19.1 Å². The molecule has 0 N–H and O–H groups in total. The summed E-state index contributed by atoms with van der Waals surface area (Å²) in [7, 11) is 1.74. The Morgan fingerprint density at radius 2 is 1.81 bits per heavy atom. The van der Waals surface area contributed by atoms with Crippen molar-refractivity contribution in [3.63, 3.8) is 0 Å². The molecule has 4 rings (SSSR count). The molecule has 0 saturated carbocycles. The molecule has 31 heavy (non-hydrogen) atoms. The fourth-order valence-corrected chi connectivity index (χ4v) is 3.77. The molecule has 2 aromatic heterocycles. The van der Waals surface area contributed by atoms with Gasteiger partial charge in [-0.05, 0) is 44.2 Å². The first-order valence-electron chi connectivity index (χ1n) is 10.00. The lowest BCUT2D eigenvalue weighted by Crippen LogP contribution is -2.32. The van der Waals surface area contributed by atoms with Gasteiger partial charge in [-0.25, -0.2) is 9.07 Å². The van der Waals surface area contributed by atoms with E-state index in [9.17, 15) is 14.0 Å². The van der Waals surface area contributed by atoms with Crippen LogP contribution in [-0.4, -0.2) is 38.0 Å². The normalized spacial score (nSPS) is 12.1. The number of carbonyl (C=O) groups excluding carboxylic acids is 2. The summed E-state index contributed by atoms with van der Waals surface area (Å²) in [6, 6.07) is 13.2. The fourth-order valence-electron chi connectivity index (χ4n) is 3.77. The minimum atomic E-state index is -0.477. The van der Waals surface area contributed by atoms with Crippen LogP contribution < -0.4 is 0 Å². The van der Waals surface area contributed by atoms with Gasteiger partial charge in [-0.3, -0.25) is 9.59 Å². The number of fused-ring (bicyclic) bond motifs is 1. The molecule has 4 aromatic rings. The van der Waals surface area contributed by atoms with Crippen LogP contribution in [-0.2, 0) is 11.3 Å². The predicted molar refractivity (Wildman–Crippen MR) is 117 cm³/mol. The van der Waals surface area contributed by atoms with Gasteiger partial charge in [-0.2, -0.15) is 5.10 Å². The van der Waals surface area contributed by atoms with Crippen molar-refractivity contribution in [3.8, 4) is 5.69 Å². The number of likely N-dealkylation sites (N-methyl/N-ethyl adjacent to an activating group) is 1. The summed E-state index contributed by atoms with van der Waals surface area (Å²) in [5, 5.41) is 5.15. The minimum Gasteiger partial charge on any atom is -0.340 e. The van der Waals surface area contributed by atoms with Crippen LogP contribution in [0.15, 0.2) is 67.1 Å². The van der Waals surface area contributed by atoms with Crippen LogP contribution in [0.5, 0.6) is 0 Å². The first kappa shape index (κ1) is 20.5. The number of hydrogen-bond acceptors (Lipinski definition) is 3. The maximum absolute atomic E-state index is 13.1. The van der Waals surface area contributed by atoms with Gasteiger partial charge in [0.05, 0.1) is 11.9 Å². The van der Waals surface area contributed by atoms with E-state index in [-0.39, 0.29) is 17.5 Å². The van der Waals surface area contributed by atoms with E-state index in [0.29, 0.717) is 12.1 Å². The van der Waals surface area contributed by atoms with Crippen LogP contribution in [0.25, 0.3) is 16.6 Å². The van der Waals surface area contributed by atoms with Crippen LogP contribution in [0, 0.1) is 5.82 Å². The molecule has 1 amide bonds. The van der Waals surface area contributed by atoms with Gasteiger partial charge in [0.1, 0.15) is 11.9 Å². The van der Waals surface area contributed by atoms with Crippen molar-refractivity contribution in [3.05, 3.63) is 84.1 Å². The molecular formula is C24H23FN4O2. The molecule has 0 spiro atoms. The zero-order valence-electron chi connectivity index (χ0n) is 17.6. The Kier molecular flexibility index (Phi) is 5.42. The number of rotatable bonds is 6. The molecule has 0 aliphatic carbocycles. The number of aromatic nitrogens is 3. The number of nitrogens with zero attached hydrogens (tertiary/aromatic N) is 4. The van der Waals surface area contributed by atoms with Gasteiger partial charge in [0.15, 0.2) is 5.78 Å². The molecule has 0 bridgehead atoms. The van der Waals surface area contributed by atoms with Gasteiger partial charge in [-0.1, -0.05) is 18.2 Å². The Morgan fingerprint density at radius 3 is 2.52 bits per heavy atom. The molecular weight excluding hydrogens is 395 g/mol. The molecule has 6 nitrogen and oxygen atoms in total. The summed E-state index contributed by atoms with van der Waals surface area (Å²) < 4.78 is 16.6. The molecule has 0 radical (unpaired) electrons. The predicted octanol–water partition coefficient (Wildman–Crippen LogP) is 4.39. The second kappa shape index (κ2) is 8.18. The van der Waals surface area contributed by atoms with Crippen molar-refractivity contribution >= 4 is 22.6 Å². The summed E-state index contributed by atoms with van der Waals surface area (Å²) in [6.45, 7) is 3.74. The van der Waals surface area contributed by atoms with Crippen LogP contribution in [0.1, 0.15) is 35.8 Å². The van der Waals surface area contributed by atoms with E-state index in [0.717, 1.165) is 22.2 Å². The third-order valence-corrected chi connectivity index (χ3v) is 5.42.